The van der Waals surface area contributed by atoms with E-state index in [1.54, 1.807) is 12.1 Å². The average molecular weight is 446 g/mol. The van der Waals surface area contributed by atoms with E-state index in [2.05, 4.69) is 26.3 Å². The Morgan fingerprint density at radius 3 is 2.45 bits per heavy atom. The third kappa shape index (κ3) is 5.96. The number of nitrogens with one attached hydrogen (secondary N) is 4. The first-order chi connectivity index (χ1) is 14.8. The second-order valence-electron chi connectivity index (χ2n) is 7.51. The Labute approximate surface area is 181 Å². The monoisotopic (exact) mass is 445 g/mol. The zero-order chi connectivity index (χ0) is 22.4. The fourth-order valence-electron chi connectivity index (χ4n) is 3.77. The zero-order valence-electron chi connectivity index (χ0n) is 17.4. The van der Waals surface area contributed by atoms with Crippen LogP contribution in [0.3, 0.4) is 0 Å². The normalized spacial score (nSPS) is 15.4. The van der Waals surface area contributed by atoms with Crippen molar-refractivity contribution in [2.24, 2.45) is 16.9 Å². The van der Waals surface area contributed by atoms with Crippen molar-refractivity contribution in [3.8, 4) is 11.1 Å². The van der Waals surface area contributed by atoms with Crippen LogP contribution in [0.1, 0.15) is 25.3 Å². The lowest BCUT2D eigenvalue weighted by Gasteiger charge is -2.24. The summed E-state index contributed by atoms with van der Waals surface area (Å²) in [4.78, 5) is 12.0. The molecule has 0 bridgehead atoms. The summed E-state index contributed by atoms with van der Waals surface area (Å²) in [6.07, 6.45) is 2.87. The summed E-state index contributed by atoms with van der Waals surface area (Å²) < 4.78 is 25.3. The van der Waals surface area contributed by atoms with Crippen molar-refractivity contribution in [3.05, 3.63) is 54.1 Å². The standard InChI is InChI=1S/C21H27N5O4S/c1-3-6-18(21(27)28)19(20-22-25-26-23-20)13-15-7-4-5-8-17(15)14-9-11-16(12-10-14)24-31(2,29)30/h4-5,7-12,18-19,24-26H,3,6,13H2,1-2H3,(H,22,23)(H,27,28). The Bertz CT molecular complexity index is 1050. The number of aliphatic carboxylic acids is 1. The highest BCUT2D eigenvalue weighted by Gasteiger charge is 2.33. The van der Waals surface area contributed by atoms with Gasteiger partial charge in [-0.2, -0.15) is 0 Å². The minimum Gasteiger partial charge on any atom is -0.481 e. The number of carboxylic acids is 1. The van der Waals surface area contributed by atoms with E-state index in [1.165, 1.54) is 0 Å². The molecule has 0 aliphatic carbocycles. The van der Waals surface area contributed by atoms with Crippen LogP contribution in [0.5, 0.6) is 0 Å². The number of hydrogen-bond donors (Lipinski definition) is 5. The van der Waals surface area contributed by atoms with Crippen LogP contribution in [0.4, 0.5) is 5.69 Å². The highest BCUT2D eigenvalue weighted by atomic mass is 32.2. The predicted octanol–water partition coefficient (Wildman–Crippen LogP) is 2.31. The Kier molecular flexibility index (Phi) is 7.13. The molecule has 0 radical (unpaired) electrons. The van der Waals surface area contributed by atoms with Gasteiger partial charge in [0.15, 0.2) is 0 Å². The summed E-state index contributed by atoms with van der Waals surface area (Å²) in [6, 6.07) is 14.9. The summed E-state index contributed by atoms with van der Waals surface area (Å²) in [7, 11) is -3.35. The smallest absolute Gasteiger partial charge is 0.307 e. The number of benzene rings is 2. The highest BCUT2D eigenvalue weighted by molar-refractivity contribution is 7.92. The molecular formula is C21H27N5O4S. The number of carboxylic acid groups (broad SMARTS) is 1. The number of anilines is 1. The molecule has 2 aromatic carbocycles. The lowest BCUT2D eigenvalue weighted by atomic mass is 9.81. The number of hydrazone groups is 1. The van der Waals surface area contributed by atoms with Gasteiger partial charge in [-0.05, 0) is 41.7 Å². The van der Waals surface area contributed by atoms with Crippen molar-refractivity contribution >= 4 is 27.5 Å². The number of sulfonamides is 1. The van der Waals surface area contributed by atoms with Crippen LogP contribution in [0, 0.1) is 11.8 Å². The molecule has 9 nitrogen and oxygen atoms in total. The van der Waals surface area contributed by atoms with E-state index in [0.717, 1.165) is 29.4 Å². The van der Waals surface area contributed by atoms with Gasteiger partial charge in [0.1, 0.15) is 5.84 Å². The molecule has 0 fully saturated rings. The third-order valence-corrected chi connectivity index (χ3v) is 5.74. The topological polar surface area (TPSA) is 132 Å². The average Bonchev–Trinajstić information content (AvgIpc) is 3.25. The van der Waals surface area contributed by atoms with Crippen LogP contribution >= 0.6 is 0 Å². The molecule has 1 aliphatic heterocycles. The van der Waals surface area contributed by atoms with Crippen molar-refractivity contribution in [1.29, 1.82) is 0 Å². The summed E-state index contributed by atoms with van der Waals surface area (Å²) in [6.45, 7) is 1.97. The van der Waals surface area contributed by atoms with Gasteiger partial charge < -0.3 is 5.11 Å². The molecule has 166 valence electrons. The first-order valence-electron chi connectivity index (χ1n) is 10.0. The highest BCUT2D eigenvalue weighted by Crippen LogP contribution is 2.31. The quantitative estimate of drug-likeness (QED) is 0.379. The zero-order valence-corrected chi connectivity index (χ0v) is 18.2. The fraction of sp³-hybridized carbons (Fsp3) is 0.333. The number of carbonyl (C=O) groups is 1. The van der Waals surface area contributed by atoms with Gasteiger partial charge in [-0.15, -0.1) is 10.6 Å². The Morgan fingerprint density at radius 2 is 1.87 bits per heavy atom. The van der Waals surface area contributed by atoms with Gasteiger partial charge in [-0.25, -0.2) is 14.0 Å². The summed E-state index contributed by atoms with van der Waals surface area (Å²) in [5.41, 5.74) is 11.6. The molecule has 0 spiro atoms. The van der Waals surface area contributed by atoms with Gasteiger partial charge in [-0.3, -0.25) is 14.9 Å². The van der Waals surface area contributed by atoms with Gasteiger partial charge in [0.05, 0.1) is 12.2 Å². The number of rotatable bonds is 10. The van der Waals surface area contributed by atoms with Crippen LogP contribution in [0.15, 0.2) is 53.6 Å². The van der Waals surface area contributed by atoms with Crippen molar-refractivity contribution in [2.45, 2.75) is 26.2 Å². The number of nitrogens with zero attached hydrogens (tertiary/aromatic N) is 1. The molecule has 1 heterocycles. The molecule has 0 saturated carbocycles. The SMILES string of the molecule is CCCC(C(=O)O)C(Cc1ccccc1-c1ccc(NS(C)(=O)=O)cc1)C1=NNNN1. The molecule has 2 unspecified atom stereocenters. The first-order valence-corrected chi connectivity index (χ1v) is 11.9. The third-order valence-electron chi connectivity index (χ3n) is 5.13. The van der Waals surface area contributed by atoms with Crippen molar-refractivity contribution in [3.63, 3.8) is 0 Å². The Morgan fingerprint density at radius 1 is 1.16 bits per heavy atom. The van der Waals surface area contributed by atoms with Crippen molar-refractivity contribution in [1.82, 2.24) is 16.5 Å². The molecule has 0 amide bonds. The minimum absolute atomic E-state index is 0.354. The van der Waals surface area contributed by atoms with E-state index >= 15 is 0 Å². The largest absolute Gasteiger partial charge is 0.481 e. The second kappa shape index (κ2) is 9.80. The Hall–Kier alpha value is -3.11. The maximum Gasteiger partial charge on any atom is 0.307 e. The molecule has 2 atom stereocenters. The van der Waals surface area contributed by atoms with E-state index in [0.29, 0.717) is 24.4 Å². The van der Waals surface area contributed by atoms with Crippen LogP contribution in [-0.4, -0.2) is 31.6 Å². The van der Waals surface area contributed by atoms with E-state index in [-0.39, 0.29) is 5.92 Å². The second-order valence-corrected chi connectivity index (χ2v) is 9.26. The van der Waals surface area contributed by atoms with E-state index in [1.807, 2.05) is 43.3 Å². The number of hydrogen-bond acceptors (Lipinski definition) is 7. The molecule has 0 aromatic heterocycles. The predicted molar refractivity (Wildman–Crippen MR) is 120 cm³/mol. The van der Waals surface area contributed by atoms with Crippen LogP contribution < -0.4 is 21.2 Å². The van der Waals surface area contributed by atoms with Crippen molar-refractivity contribution < 1.29 is 18.3 Å². The summed E-state index contributed by atoms with van der Waals surface area (Å²) in [5, 5.41) is 14.0. The molecule has 10 heteroatoms. The maximum absolute atomic E-state index is 12.0. The van der Waals surface area contributed by atoms with E-state index < -0.39 is 21.9 Å². The first kappa shape index (κ1) is 22.6. The van der Waals surface area contributed by atoms with Gasteiger partial charge in [0.2, 0.25) is 10.0 Å². The van der Waals surface area contributed by atoms with Gasteiger partial charge >= 0.3 is 5.97 Å². The minimum atomic E-state index is -3.35. The van der Waals surface area contributed by atoms with Crippen LogP contribution in [0.25, 0.3) is 11.1 Å². The lowest BCUT2D eigenvalue weighted by molar-refractivity contribution is -0.143. The molecule has 0 saturated heterocycles. The molecule has 1 aliphatic rings. The van der Waals surface area contributed by atoms with Gasteiger partial charge in [-0.1, -0.05) is 49.7 Å². The molecule has 2 aromatic rings. The Balaban J connectivity index is 1.93. The maximum atomic E-state index is 12.0. The molecular weight excluding hydrogens is 418 g/mol. The summed E-state index contributed by atoms with van der Waals surface area (Å²) in [5.74, 6) is -1.24. The lowest BCUT2D eigenvalue weighted by Crippen LogP contribution is -2.42. The molecule has 31 heavy (non-hydrogen) atoms. The van der Waals surface area contributed by atoms with Crippen LogP contribution in [0.2, 0.25) is 0 Å². The van der Waals surface area contributed by atoms with Gasteiger partial charge in [0.25, 0.3) is 0 Å². The van der Waals surface area contributed by atoms with Crippen molar-refractivity contribution in [2.75, 3.05) is 11.0 Å². The number of amidine groups is 1. The molecule has 3 rings (SSSR count). The molecule has 5 N–H and O–H groups in total. The fourth-order valence-corrected chi connectivity index (χ4v) is 4.33. The summed E-state index contributed by atoms with van der Waals surface area (Å²) >= 11 is 0. The number of hydrazine groups is 2. The van der Waals surface area contributed by atoms with E-state index in [9.17, 15) is 18.3 Å². The van der Waals surface area contributed by atoms with Crippen LogP contribution in [-0.2, 0) is 21.2 Å². The van der Waals surface area contributed by atoms with E-state index in [4.69, 9.17) is 0 Å². The van der Waals surface area contributed by atoms with Gasteiger partial charge in [0, 0.05) is 11.6 Å².